The highest BCUT2D eigenvalue weighted by atomic mass is 16.4. The van der Waals surface area contributed by atoms with Crippen LogP contribution in [0.2, 0.25) is 0 Å². The van der Waals surface area contributed by atoms with Crippen molar-refractivity contribution in [2.24, 2.45) is 0 Å². The third kappa shape index (κ3) is 1.88. The molecule has 0 unspecified atom stereocenters. The van der Waals surface area contributed by atoms with Gasteiger partial charge in [-0.15, -0.1) is 0 Å². The fraction of sp³-hybridized carbons (Fsp3) is 0.571. The van der Waals surface area contributed by atoms with Gasteiger partial charge in [0.25, 0.3) is 0 Å². The van der Waals surface area contributed by atoms with E-state index in [0.29, 0.717) is 0 Å². The second kappa shape index (κ2) is 2.67. The minimum atomic E-state index is -1.05. The smallest absolute Gasteiger partial charge is 0.0642 e. The van der Waals surface area contributed by atoms with Crippen LogP contribution in [-0.4, -0.2) is 5.97 Å². The molecule has 1 aliphatic rings. The van der Waals surface area contributed by atoms with Crippen LogP contribution in [0.3, 0.4) is 0 Å². The first kappa shape index (κ1) is 6.33. The van der Waals surface area contributed by atoms with Gasteiger partial charge in [0, 0.05) is 0 Å². The van der Waals surface area contributed by atoms with E-state index in [0.717, 1.165) is 31.3 Å². The van der Waals surface area contributed by atoms with Gasteiger partial charge >= 0.3 is 0 Å². The van der Waals surface area contributed by atoms with Gasteiger partial charge in [0.2, 0.25) is 0 Å². The summed E-state index contributed by atoms with van der Waals surface area (Å²) in [6.07, 6.45) is 5.41. The summed E-state index contributed by atoms with van der Waals surface area (Å²) in [5, 5.41) is 9.97. The van der Waals surface area contributed by atoms with Crippen LogP contribution in [0.4, 0.5) is 0 Å². The van der Waals surface area contributed by atoms with E-state index >= 15 is 0 Å². The fourth-order valence-corrected chi connectivity index (χ4v) is 1.14. The summed E-state index contributed by atoms with van der Waals surface area (Å²) >= 11 is 0. The van der Waals surface area contributed by atoms with Crippen LogP contribution >= 0.6 is 0 Å². The Morgan fingerprint density at radius 3 is 2.44 bits per heavy atom. The average molecular weight is 125 g/mol. The first-order valence-corrected chi connectivity index (χ1v) is 3.19. The quantitative estimate of drug-likeness (QED) is 0.471. The summed E-state index contributed by atoms with van der Waals surface area (Å²) < 4.78 is 0. The number of carbonyl (C=O) groups is 1. The zero-order valence-corrected chi connectivity index (χ0v) is 5.22. The molecule has 0 atom stereocenters. The standard InChI is InChI=1S/C7H10O2/c8-7(9)5-6-3-1-2-4-6/h5H,1-4H2,(H,8,9)/p-1. The number of carboxylic acid groups (broad SMARTS) is 1. The Bertz CT molecular complexity index is 139. The molecule has 1 rings (SSSR count). The van der Waals surface area contributed by atoms with E-state index < -0.39 is 5.97 Å². The number of hydrogen-bond acceptors (Lipinski definition) is 2. The van der Waals surface area contributed by atoms with E-state index in [4.69, 9.17) is 0 Å². The van der Waals surface area contributed by atoms with Gasteiger partial charge in [-0.3, -0.25) is 0 Å². The third-order valence-electron chi connectivity index (χ3n) is 1.57. The highest BCUT2D eigenvalue weighted by Gasteiger charge is 2.04. The number of carboxylic acids is 1. The summed E-state index contributed by atoms with van der Waals surface area (Å²) in [5.41, 5.74) is 1.04. The Hall–Kier alpha value is -0.790. The van der Waals surface area contributed by atoms with Crippen molar-refractivity contribution in [3.05, 3.63) is 11.6 Å². The van der Waals surface area contributed by atoms with Gasteiger partial charge in [-0.05, 0) is 31.8 Å². The monoisotopic (exact) mass is 125 g/mol. The van der Waals surface area contributed by atoms with Crippen molar-refractivity contribution < 1.29 is 9.90 Å². The van der Waals surface area contributed by atoms with Crippen LogP contribution in [0.5, 0.6) is 0 Å². The summed E-state index contributed by atoms with van der Waals surface area (Å²) in [6.45, 7) is 0. The maximum atomic E-state index is 9.97. The molecule has 0 bridgehead atoms. The number of aliphatic carboxylic acids is 1. The molecule has 1 saturated carbocycles. The van der Waals surface area contributed by atoms with Gasteiger partial charge in [0.05, 0.1) is 5.97 Å². The van der Waals surface area contributed by atoms with E-state index in [1.807, 2.05) is 0 Å². The van der Waals surface area contributed by atoms with E-state index in [2.05, 4.69) is 0 Å². The lowest BCUT2D eigenvalue weighted by Crippen LogP contribution is -2.19. The third-order valence-corrected chi connectivity index (χ3v) is 1.57. The lowest BCUT2D eigenvalue weighted by molar-refractivity contribution is -0.297. The largest absolute Gasteiger partial charge is 0.545 e. The van der Waals surface area contributed by atoms with Crippen molar-refractivity contribution in [3.63, 3.8) is 0 Å². The van der Waals surface area contributed by atoms with Crippen molar-refractivity contribution >= 4 is 5.97 Å². The maximum Gasteiger partial charge on any atom is 0.0642 e. The normalized spacial score (nSPS) is 18.0. The van der Waals surface area contributed by atoms with E-state index in [1.165, 1.54) is 6.08 Å². The molecule has 1 fully saturated rings. The molecule has 9 heavy (non-hydrogen) atoms. The van der Waals surface area contributed by atoms with Gasteiger partial charge in [0.1, 0.15) is 0 Å². The predicted molar refractivity (Wildman–Crippen MR) is 31.6 cm³/mol. The van der Waals surface area contributed by atoms with E-state index in [1.54, 1.807) is 0 Å². The van der Waals surface area contributed by atoms with Crippen LogP contribution in [0.15, 0.2) is 11.6 Å². The molecule has 0 N–H and O–H groups in total. The molecule has 0 aromatic carbocycles. The molecule has 2 heteroatoms. The lowest BCUT2D eigenvalue weighted by atomic mass is 10.2. The fourth-order valence-electron chi connectivity index (χ4n) is 1.14. The van der Waals surface area contributed by atoms with Crippen LogP contribution < -0.4 is 5.11 Å². The second-order valence-corrected chi connectivity index (χ2v) is 2.33. The zero-order chi connectivity index (χ0) is 6.69. The second-order valence-electron chi connectivity index (χ2n) is 2.33. The first-order chi connectivity index (χ1) is 4.29. The topological polar surface area (TPSA) is 40.1 Å². The van der Waals surface area contributed by atoms with Crippen molar-refractivity contribution in [3.8, 4) is 0 Å². The molecule has 0 aromatic rings. The number of hydrogen-bond donors (Lipinski definition) is 0. The van der Waals surface area contributed by atoms with E-state index in [-0.39, 0.29) is 0 Å². The van der Waals surface area contributed by atoms with Crippen molar-refractivity contribution in [2.75, 3.05) is 0 Å². The molecule has 0 amide bonds. The van der Waals surface area contributed by atoms with E-state index in [9.17, 15) is 9.90 Å². The number of carbonyl (C=O) groups excluding carboxylic acids is 1. The maximum absolute atomic E-state index is 9.97. The van der Waals surface area contributed by atoms with Crippen LogP contribution in [0.1, 0.15) is 25.7 Å². The Kier molecular flexibility index (Phi) is 1.88. The molecule has 0 aromatic heterocycles. The zero-order valence-electron chi connectivity index (χ0n) is 5.22. The molecule has 50 valence electrons. The SMILES string of the molecule is O=C([O-])C=C1CCCC1. The van der Waals surface area contributed by atoms with Crippen molar-refractivity contribution in [1.29, 1.82) is 0 Å². The predicted octanol–water partition coefficient (Wildman–Crippen LogP) is 0.237. The van der Waals surface area contributed by atoms with Gasteiger partial charge < -0.3 is 9.90 Å². The average Bonchev–Trinajstić information content (AvgIpc) is 2.15. The van der Waals surface area contributed by atoms with Crippen LogP contribution in [0, 0.1) is 0 Å². The Morgan fingerprint density at radius 2 is 2.00 bits per heavy atom. The summed E-state index contributed by atoms with van der Waals surface area (Å²) in [7, 11) is 0. The van der Waals surface area contributed by atoms with Crippen LogP contribution in [0.25, 0.3) is 0 Å². The van der Waals surface area contributed by atoms with Gasteiger partial charge in [-0.1, -0.05) is 5.57 Å². The molecule has 0 saturated heterocycles. The first-order valence-electron chi connectivity index (χ1n) is 3.19. The number of rotatable bonds is 1. The molecule has 0 spiro atoms. The van der Waals surface area contributed by atoms with Gasteiger partial charge in [-0.2, -0.15) is 0 Å². The highest BCUT2D eigenvalue weighted by molar-refractivity contribution is 5.78. The molecule has 1 aliphatic carbocycles. The minimum Gasteiger partial charge on any atom is -0.545 e. The van der Waals surface area contributed by atoms with Crippen molar-refractivity contribution in [2.45, 2.75) is 25.7 Å². The Morgan fingerprint density at radius 1 is 1.44 bits per heavy atom. The molecule has 0 radical (unpaired) electrons. The van der Waals surface area contributed by atoms with Gasteiger partial charge in [0.15, 0.2) is 0 Å². The van der Waals surface area contributed by atoms with Crippen molar-refractivity contribution in [1.82, 2.24) is 0 Å². The molecule has 0 aliphatic heterocycles. The molecule has 2 nitrogen and oxygen atoms in total. The summed E-state index contributed by atoms with van der Waals surface area (Å²) in [4.78, 5) is 9.97. The summed E-state index contributed by atoms with van der Waals surface area (Å²) in [6, 6.07) is 0. The Balaban J connectivity index is 2.49. The lowest BCUT2D eigenvalue weighted by Gasteiger charge is -1.94. The summed E-state index contributed by atoms with van der Waals surface area (Å²) in [5.74, 6) is -1.05. The van der Waals surface area contributed by atoms with Gasteiger partial charge in [-0.25, -0.2) is 0 Å². The van der Waals surface area contributed by atoms with Crippen LogP contribution in [-0.2, 0) is 4.79 Å². The molecule has 0 heterocycles. The molecular formula is C7H9O2-. The molecular weight excluding hydrogens is 116 g/mol. The number of allylic oxidation sites excluding steroid dienone is 1. The Labute approximate surface area is 54.2 Å². The highest BCUT2D eigenvalue weighted by Crippen LogP contribution is 2.22. The minimum absolute atomic E-state index is 0.952.